The van der Waals surface area contributed by atoms with Crippen LogP contribution in [0.1, 0.15) is 30.1 Å². The lowest BCUT2D eigenvalue weighted by atomic mass is 9.99. The molecule has 0 aliphatic carbocycles. The molecule has 20 heavy (non-hydrogen) atoms. The van der Waals surface area contributed by atoms with Gasteiger partial charge in [0.05, 0.1) is 16.2 Å². The summed E-state index contributed by atoms with van der Waals surface area (Å²) in [4.78, 5) is 23.9. The lowest BCUT2D eigenvalue weighted by Crippen LogP contribution is -2.48. The van der Waals surface area contributed by atoms with Crippen LogP contribution >= 0.6 is 11.6 Å². The summed E-state index contributed by atoms with van der Waals surface area (Å²) in [6.45, 7) is 2.70. The Morgan fingerprint density at radius 2 is 2.15 bits per heavy atom. The van der Waals surface area contributed by atoms with Crippen molar-refractivity contribution in [2.45, 2.75) is 25.3 Å². The van der Waals surface area contributed by atoms with Crippen molar-refractivity contribution in [3.05, 3.63) is 28.8 Å². The van der Waals surface area contributed by atoms with E-state index in [2.05, 4.69) is 16.0 Å². The number of hydrogen-bond donors (Lipinski definition) is 3. The average Bonchev–Trinajstić information content (AvgIpc) is 2.88. The minimum Gasteiger partial charge on any atom is -0.355 e. The van der Waals surface area contributed by atoms with Gasteiger partial charge in [-0.3, -0.25) is 9.59 Å². The van der Waals surface area contributed by atoms with E-state index < -0.39 is 5.54 Å². The Morgan fingerprint density at radius 3 is 2.75 bits per heavy atom. The van der Waals surface area contributed by atoms with Crippen LogP contribution in [0.15, 0.2) is 18.2 Å². The van der Waals surface area contributed by atoms with Gasteiger partial charge in [0.15, 0.2) is 0 Å². The van der Waals surface area contributed by atoms with E-state index in [0.29, 0.717) is 16.3 Å². The first kappa shape index (κ1) is 14.8. The Hall–Kier alpha value is -1.59. The molecule has 1 aromatic carbocycles. The van der Waals surface area contributed by atoms with E-state index in [-0.39, 0.29) is 11.8 Å². The lowest BCUT2D eigenvalue weighted by Gasteiger charge is -2.23. The monoisotopic (exact) mass is 295 g/mol. The molecule has 0 radical (unpaired) electrons. The van der Waals surface area contributed by atoms with Crippen LogP contribution in [-0.4, -0.2) is 30.9 Å². The van der Waals surface area contributed by atoms with Crippen LogP contribution in [0.4, 0.5) is 5.69 Å². The second kappa shape index (κ2) is 5.81. The SMILES string of the molecule is CNC(=O)c1ccc(Cl)c(NC(=O)C2(C)CCCN2)c1. The zero-order chi connectivity index (χ0) is 14.8. The summed E-state index contributed by atoms with van der Waals surface area (Å²) in [5, 5.41) is 8.93. The van der Waals surface area contributed by atoms with Crippen LogP contribution in [0.2, 0.25) is 5.02 Å². The highest BCUT2D eigenvalue weighted by Gasteiger charge is 2.36. The van der Waals surface area contributed by atoms with Gasteiger partial charge in [0.2, 0.25) is 5.91 Å². The maximum Gasteiger partial charge on any atom is 0.251 e. The van der Waals surface area contributed by atoms with Crippen LogP contribution in [0.5, 0.6) is 0 Å². The normalized spacial score (nSPS) is 21.6. The Kier molecular flexibility index (Phi) is 4.30. The number of carbonyl (C=O) groups excluding carboxylic acids is 2. The van der Waals surface area contributed by atoms with E-state index in [9.17, 15) is 9.59 Å². The van der Waals surface area contributed by atoms with Gasteiger partial charge in [-0.2, -0.15) is 0 Å². The van der Waals surface area contributed by atoms with Crippen molar-refractivity contribution in [3.8, 4) is 0 Å². The molecule has 1 aromatic rings. The van der Waals surface area contributed by atoms with Gasteiger partial charge in [0.25, 0.3) is 5.91 Å². The van der Waals surface area contributed by atoms with Crippen LogP contribution in [-0.2, 0) is 4.79 Å². The molecule has 2 rings (SSSR count). The van der Waals surface area contributed by atoms with Crippen LogP contribution < -0.4 is 16.0 Å². The number of benzene rings is 1. The van der Waals surface area contributed by atoms with Crippen LogP contribution in [0.3, 0.4) is 0 Å². The number of halogens is 1. The molecule has 108 valence electrons. The molecule has 1 heterocycles. The average molecular weight is 296 g/mol. The van der Waals surface area contributed by atoms with E-state index in [1.165, 1.54) is 0 Å². The van der Waals surface area contributed by atoms with Crippen LogP contribution in [0, 0.1) is 0 Å². The molecule has 0 spiro atoms. The van der Waals surface area contributed by atoms with Gasteiger partial charge in [-0.05, 0) is 44.5 Å². The van der Waals surface area contributed by atoms with E-state index in [0.717, 1.165) is 19.4 Å². The van der Waals surface area contributed by atoms with Crippen LogP contribution in [0.25, 0.3) is 0 Å². The summed E-state index contributed by atoms with van der Waals surface area (Å²) < 4.78 is 0. The van der Waals surface area contributed by atoms with E-state index in [4.69, 9.17) is 11.6 Å². The number of anilines is 1. The topological polar surface area (TPSA) is 70.2 Å². The second-order valence-electron chi connectivity index (χ2n) is 5.09. The first-order chi connectivity index (χ1) is 9.46. The molecular weight excluding hydrogens is 278 g/mol. The van der Waals surface area contributed by atoms with Crippen molar-refractivity contribution >= 4 is 29.1 Å². The summed E-state index contributed by atoms with van der Waals surface area (Å²) in [6.07, 6.45) is 1.75. The van der Waals surface area contributed by atoms with E-state index in [1.807, 2.05) is 6.92 Å². The van der Waals surface area contributed by atoms with E-state index in [1.54, 1.807) is 25.2 Å². The molecule has 5 nitrogen and oxygen atoms in total. The highest BCUT2D eigenvalue weighted by atomic mass is 35.5. The number of carbonyl (C=O) groups is 2. The third-order valence-electron chi connectivity index (χ3n) is 3.57. The fourth-order valence-corrected chi connectivity index (χ4v) is 2.42. The maximum absolute atomic E-state index is 12.3. The summed E-state index contributed by atoms with van der Waals surface area (Å²) in [5.41, 5.74) is 0.330. The minimum absolute atomic E-state index is 0.133. The Bertz CT molecular complexity index is 539. The van der Waals surface area contributed by atoms with Crippen molar-refractivity contribution in [2.75, 3.05) is 18.9 Å². The zero-order valence-electron chi connectivity index (χ0n) is 11.5. The van der Waals surface area contributed by atoms with Crippen molar-refractivity contribution in [2.24, 2.45) is 0 Å². The Morgan fingerprint density at radius 1 is 1.40 bits per heavy atom. The predicted octanol–water partition coefficient (Wildman–Crippen LogP) is 1.78. The summed E-state index contributed by atoms with van der Waals surface area (Å²) >= 11 is 6.07. The first-order valence-electron chi connectivity index (χ1n) is 6.54. The predicted molar refractivity (Wildman–Crippen MR) is 79.1 cm³/mol. The molecule has 0 bridgehead atoms. The zero-order valence-corrected chi connectivity index (χ0v) is 12.3. The smallest absolute Gasteiger partial charge is 0.251 e. The first-order valence-corrected chi connectivity index (χ1v) is 6.92. The standard InChI is InChI=1S/C14H18ClN3O2/c1-14(6-3-7-17-14)13(20)18-11-8-9(12(19)16-2)4-5-10(11)15/h4-5,8,17H,3,6-7H2,1-2H3,(H,16,19)(H,18,20). The van der Waals surface area contributed by atoms with Gasteiger partial charge in [0, 0.05) is 12.6 Å². The molecule has 6 heteroatoms. The lowest BCUT2D eigenvalue weighted by molar-refractivity contribution is -0.121. The summed E-state index contributed by atoms with van der Waals surface area (Å²) in [5.74, 6) is -0.353. The molecular formula is C14H18ClN3O2. The Labute approximate surface area is 123 Å². The number of amides is 2. The molecule has 1 saturated heterocycles. The number of hydrogen-bond acceptors (Lipinski definition) is 3. The molecule has 3 N–H and O–H groups in total. The molecule has 0 aromatic heterocycles. The molecule has 1 atom stereocenters. The highest BCUT2D eigenvalue weighted by Crippen LogP contribution is 2.26. The van der Waals surface area contributed by atoms with Gasteiger partial charge in [-0.1, -0.05) is 11.6 Å². The van der Waals surface area contributed by atoms with E-state index >= 15 is 0 Å². The number of rotatable bonds is 3. The van der Waals surface area contributed by atoms with Crippen molar-refractivity contribution in [3.63, 3.8) is 0 Å². The highest BCUT2D eigenvalue weighted by molar-refractivity contribution is 6.34. The fourth-order valence-electron chi connectivity index (χ4n) is 2.26. The van der Waals surface area contributed by atoms with Crippen molar-refractivity contribution in [1.29, 1.82) is 0 Å². The molecule has 1 unspecified atom stereocenters. The van der Waals surface area contributed by atoms with Crippen molar-refractivity contribution in [1.82, 2.24) is 10.6 Å². The Balaban J connectivity index is 2.20. The molecule has 1 aliphatic heterocycles. The summed E-state index contributed by atoms with van der Waals surface area (Å²) in [7, 11) is 1.55. The summed E-state index contributed by atoms with van der Waals surface area (Å²) in [6, 6.07) is 4.80. The largest absolute Gasteiger partial charge is 0.355 e. The van der Waals surface area contributed by atoms with Gasteiger partial charge in [-0.25, -0.2) is 0 Å². The molecule has 1 fully saturated rings. The minimum atomic E-state index is -0.577. The number of nitrogens with one attached hydrogen (secondary N) is 3. The molecule has 0 saturated carbocycles. The van der Waals surface area contributed by atoms with Crippen molar-refractivity contribution < 1.29 is 9.59 Å². The quantitative estimate of drug-likeness (QED) is 0.796. The maximum atomic E-state index is 12.3. The molecule has 2 amide bonds. The third kappa shape index (κ3) is 2.94. The van der Waals surface area contributed by atoms with Gasteiger partial charge in [0.1, 0.15) is 0 Å². The second-order valence-corrected chi connectivity index (χ2v) is 5.50. The van der Waals surface area contributed by atoms with Gasteiger partial charge in [-0.15, -0.1) is 0 Å². The molecule has 1 aliphatic rings. The fraction of sp³-hybridized carbons (Fsp3) is 0.429. The van der Waals surface area contributed by atoms with Gasteiger partial charge < -0.3 is 16.0 Å². The third-order valence-corrected chi connectivity index (χ3v) is 3.90. The van der Waals surface area contributed by atoms with Gasteiger partial charge >= 0.3 is 0 Å².